The van der Waals surface area contributed by atoms with Gasteiger partial charge in [0.25, 0.3) is 0 Å². The van der Waals surface area contributed by atoms with E-state index >= 15 is 0 Å². The first kappa shape index (κ1) is 18.8. The molecule has 1 rings (SSSR count). The first-order valence-electron chi connectivity index (χ1n) is 6.36. The number of nitrogens with one attached hydrogen (secondary N) is 2. The molecule has 1 amide bonds. The maximum Gasteiger partial charge on any atom is 0.411 e. The van der Waals surface area contributed by atoms with Crippen LogP contribution in [0.15, 0.2) is 29.2 Å². The van der Waals surface area contributed by atoms with Crippen LogP contribution >= 0.6 is 11.8 Å². The minimum atomic E-state index is -3.73. The number of sulfonamides is 1. The molecule has 0 aliphatic rings. The van der Waals surface area contributed by atoms with Crippen LogP contribution in [0.25, 0.3) is 0 Å². The first-order chi connectivity index (χ1) is 10.2. The van der Waals surface area contributed by atoms with Gasteiger partial charge in [0.1, 0.15) is 0 Å². The Hall–Kier alpha value is -1.29. The van der Waals surface area contributed by atoms with E-state index in [1.165, 1.54) is 43.1 Å². The largest absolute Gasteiger partial charge is 0.453 e. The smallest absolute Gasteiger partial charge is 0.411 e. The lowest BCUT2D eigenvalue weighted by molar-refractivity contribution is 0.0908. The number of hydrogen-bond donors (Lipinski definition) is 3. The van der Waals surface area contributed by atoms with Crippen LogP contribution in [-0.2, 0) is 14.8 Å². The van der Waals surface area contributed by atoms with E-state index in [-0.39, 0.29) is 11.4 Å². The molecule has 124 valence electrons. The molecule has 9 heteroatoms. The number of aliphatic hydroxyl groups is 1. The van der Waals surface area contributed by atoms with Gasteiger partial charge in [-0.1, -0.05) is 0 Å². The third-order valence-corrected chi connectivity index (χ3v) is 5.02. The summed E-state index contributed by atoms with van der Waals surface area (Å²) in [5.41, 5.74) is -0.709. The fourth-order valence-corrected chi connectivity index (χ4v) is 3.47. The molecule has 0 aliphatic heterocycles. The van der Waals surface area contributed by atoms with Crippen LogP contribution in [0.3, 0.4) is 0 Å². The van der Waals surface area contributed by atoms with Gasteiger partial charge in [-0.15, -0.1) is 0 Å². The number of ether oxygens (including phenoxy) is 1. The van der Waals surface area contributed by atoms with Gasteiger partial charge in [0.05, 0.1) is 17.6 Å². The predicted molar refractivity (Wildman–Crippen MR) is 86.7 cm³/mol. The highest BCUT2D eigenvalue weighted by atomic mass is 32.2. The van der Waals surface area contributed by atoms with Gasteiger partial charge in [-0.2, -0.15) is 11.8 Å². The summed E-state index contributed by atoms with van der Waals surface area (Å²) in [7, 11) is -2.49. The summed E-state index contributed by atoms with van der Waals surface area (Å²) < 4.78 is 31.1. The fraction of sp³-hybridized carbons (Fsp3) is 0.462. The normalized spacial score (nSPS) is 14.2. The van der Waals surface area contributed by atoms with Gasteiger partial charge in [-0.25, -0.2) is 17.9 Å². The van der Waals surface area contributed by atoms with Crippen LogP contribution in [0.5, 0.6) is 0 Å². The van der Waals surface area contributed by atoms with E-state index in [4.69, 9.17) is 0 Å². The van der Waals surface area contributed by atoms with E-state index in [1.54, 1.807) is 6.92 Å². The summed E-state index contributed by atoms with van der Waals surface area (Å²) in [6.45, 7) is 1.48. The van der Waals surface area contributed by atoms with E-state index in [0.717, 1.165) is 0 Å². The average molecular weight is 348 g/mol. The minimum absolute atomic E-state index is 0.0443. The Morgan fingerprint density at radius 2 is 1.95 bits per heavy atom. The Kier molecular flexibility index (Phi) is 6.66. The van der Waals surface area contributed by atoms with E-state index in [0.29, 0.717) is 11.4 Å². The summed E-state index contributed by atoms with van der Waals surface area (Å²) in [5, 5.41) is 12.4. The van der Waals surface area contributed by atoms with Gasteiger partial charge in [0, 0.05) is 18.0 Å². The van der Waals surface area contributed by atoms with Gasteiger partial charge in [0.2, 0.25) is 10.0 Å². The molecule has 0 spiro atoms. The molecular formula is C13H20N2O5S2. The van der Waals surface area contributed by atoms with Crippen molar-refractivity contribution in [3.8, 4) is 0 Å². The van der Waals surface area contributed by atoms with E-state index in [9.17, 15) is 18.3 Å². The van der Waals surface area contributed by atoms with Crippen LogP contribution in [0, 0.1) is 0 Å². The Morgan fingerprint density at radius 1 is 1.36 bits per heavy atom. The lowest BCUT2D eigenvalue weighted by atomic mass is 10.1. The van der Waals surface area contributed by atoms with Crippen LogP contribution in [0.1, 0.15) is 6.92 Å². The Bertz CT molecular complexity index is 599. The third kappa shape index (κ3) is 5.84. The number of thioether (sulfide) groups is 1. The van der Waals surface area contributed by atoms with Crippen molar-refractivity contribution >= 4 is 33.6 Å². The van der Waals surface area contributed by atoms with Crippen molar-refractivity contribution in [1.82, 2.24) is 4.72 Å². The molecule has 22 heavy (non-hydrogen) atoms. The zero-order valence-corrected chi connectivity index (χ0v) is 14.3. The van der Waals surface area contributed by atoms with Gasteiger partial charge < -0.3 is 9.84 Å². The highest BCUT2D eigenvalue weighted by Crippen LogP contribution is 2.15. The second-order valence-corrected chi connectivity index (χ2v) is 7.53. The highest BCUT2D eigenvalue weighted by molar-refractivity contribution is 7.98. The molecule has 1 atom stereocenters. The number of benzene rings is 1. The van der Waals surface area contributed by atoms with Gasteiger partial charge >= 0.3 is 6.09 Å². The van der Waals surface area contributed by atoms with Crippen LogP contribution in [-0.4, -0.2) is 50.9 Å². The molecule has 7 nitrogen and oxygen atoms in total. The summed E-state index contributed by atoms with van der Waals surface area (Å²) in [6, 6.07) is 5.62. The molecule has 0 aromatic heterocycles. The lowest BCUT2D eigenvalue weighted by Gasteiger charge is -2.22. The first-order valence-corrected chi connectivity index (χ1v) is 9.24. The number of carbonyl (C=O) groups excluding carboxylic acids is 1. The van der Waals surface area contributed by atoms with Crippen molar-refractivity contribution in [2.24, 2.45) is 0 Å². The molecule has 0 saturated heterocycles. The maximum absolute atomic E-state index is 12.1. The van der Waals surface area contributed by atoms with E-state index in [2.05, 4.69) is 14.8 Å². The fourth-order valence-electron chi connectivity index (χ4n) is 1.58. The van der Waals surface area contributed by atoms with Gasteiger partial charge in [-0.05, 0) is 37.4 Å². The Morgan fingerprint density at radius 3 is 2.45 bits per heavy atom. The second kappa shape index (κ2) is 7.82. The second-order valence-electron chi connectivity index (χ2n) is 4.90. The SMILES string of the molecule is COC(=O)Nc1ccc(S(=O)(=O)NC[C@@](C)(O)CSC)cc1. The average Bonchev–Trinajstić information content (AvgIpc) is 2.46. The molecular weight excluding hydrogens is 328 g/mol. The van der Waals surface area contributed by atoms with E-state index in [1.807, 2.05) is 6.26 Å². The molecule has 0 unspecified atom stereocenters. The molecule has 1 aromatic rings. The van der Waals surface area contributed by atoms with Gasteiger partial charge in [0.15, 0.2) is 0 Å². The number of anilines is 1. The number of rotatable bonds is 7. The maximum atomic E-state index is 12.1. The lowest BCUT2D eigenvalue weighted by Crippen LogP contribution is -2.42. The quantitative estimate of drug-likeness (QED) is 0.685. The summed E-state index contributed by atoms with van der Waals surface area (Å²) in [4.78, 5) is 11.1. The molecule has 1 aromatic carbocycles. The van der Waals surface area contributed by atoms with Crippen molar-refractivity contribution in [3.05, 3.63) is 24.3 Å². The molecule has 0 bridgehead atoms. The predicted octanol–water partition coefficient (Wildman–Crippen LogP) is 1.26. The van der Waals surface area contributed by atoms with Crippen molar-refractivity contribution < 1.29 is 23.1 Å². The Balaban J connectivity index is 2.75. The molecule has 0 fully saturated rings. The molecule has 0 radical (unpaired) electrons. The summed E-state index contributed by atoms with van der Waals surface area (Å²) in [6.07, 6.45) is 1.19. The monoisotopic (exact) mass is 348 g/mol. The van der Waals surface area contributed by atoms with Crippen LogP contribution < -0.4 is 10.0 Å². The standard InChI is InChI=1S/C13H20N2O5S2/c1-13(17,9-21-3)8-14-22(18,19)11-6-4-10(5-7-11)15-12(16)20-2/h4-7,14,17H,8-9H2,1-3H3,(H,15,16)/t13-/m1/s1. The molecule has 0 saturated carbocycles. The van der Waals surface area contributed by atoms with Crippen molar-refractivity contribution in [3.63, 3.8) is 0 Å². The third-order valence-electron chi connectivity index (χ3n) is 2.69. The van der Waals surface area contributed by atoms with Crippen molar-refractivity contribution in [2.45, 2.75) is 17.4 Å². The topological polar surface area (TPSA) is 105 Å². The Labute approximate surface area is 134 Å². The zero-order valence-electron chi connectivity index (χ0n) is 12.6. The highest BCUT2D eigenvalue weighted by Gasteiger charge is 2.23. The van der Waals surface area contributed by atoms with Crippen LogP contribution in [0.4, 0.5) is 10.5 Å². The van der Waals surface area contributed by atoms with Gasteiger partial charge in [-0.3, -0.25) is 5.32 Å². The summed E-state index contributed by atoms with van der Waals surface area (Å²) >= 11 is 1.43. The number of methoxy groups -OCH3 is 1. The van der Waals surface area contributed by atoms with Crippen molar-refractivity contribution in [2.75, 3.05) is 31.0 Å². The van der Waals surface area contributed by atoms with E-state index < -0.39 is 21.7 Å². The number of hydrogen-bond acceptors (Lipinski definition) is 6. The minimum Gasteiger partial charge on any atom is -0.453 e. The van der Waals surface area contributed by atoms with Crippen LogP contribution in [0.2, 0.25) is 0 Å². The molecule has 0 aliphatic carbocycles. The summed E-state index contributed by atoms with van der Waals surface area (Å²) in [5.74, 6) is 0.414. The molecule has 3 N–H and O–H groups in total. The number of amides is 1. The number of carbonyl (C=O) groups is 1. The molecule has 0 heterocycles. The zero-order chi connectivity index (χ0) is 16.8. The van der Waals surface area contributed by atoms with Crippen molar-refractivity contribution in [1.29, 1.82) is 0 Å².